The molecule has 0 aliphatic carbocycles. The van der Waals surface area contributed by atoms with Gasteiger partial charge in [0.05, 0.1) is 5.92 Å². The molecule has 1 amide bonds. The molecule has 1 fully saturated rings. The van der Waals surface area contributed by atoms with Crippen molar-refractivity contribution < 1.29 is 4.79 Å². The Kier molecular flexibility index (Phi) is 5.04. The quantitative estimate of drug-likeness (QED) is 0.910. The monoisotopic (exact) mass is 356 g/mol. The Labute approximate surface area is 154 Å². The topological polar surface area (TPSA) is 75.9 Å². The summed E-state index contributed by atoms with van der Waals surface area (Å²) in [5.41, 5.74) is 1.85. The second-order valence-electron chi connectivity index (χ2n) is 7.44. The normalized spacial score (nSPS) is 20.7. The SMILES string of the molecule is CCCNC(=O)C1CCCN(c2ncnc3c2nc2n3CCCCC2)C1. The fraction of sp³-hybridized carbons (Fsp3) is 0.684. The molecular weight excluding hydrogens is 328 g/mol. The number of carbonyl (C=O) groups excluding carboxylic acids is 1. The molecule has 0 spiro atoms. The molecule has 0 bridgehead atoms. The summed E-state index contributed by atoms with van der Waals surface area (Å²) in [7, 11) is 0. The molecule has 1 unspecified atom stereocenters. The molecule has 4 heterocycles. The van der Waals surface area contributed by atoms with Gasteiger partial charge in [0.2, 0.25) is 5.91 Å². The number of anilines is 1. The maximum absolute atomic E-state index is 12.4. The van der Waals surface area contributed by atoms with Crippen LogP contribution in [0.2, 0.25) is 0 Å². The minimum absolute atomic E-state index is 0.0285. The predicted octanol–water partition coefficient (Wildman–Crippen LogP) is 2.30. The molecule has 2 aromatic heterocycles. The number of carbonyl (C=O) groups is 1. The highest BCUT2D eigenvalue weighted by atomic mass is 16.1. The van der Waals surface area contributed by atoms with Gasteiger partial charge in [0.25, 0.3) is 0 Å². The van der Waals surface area contributed by atoms with E-state index in [1.807, 2.05) is 0 Å². The predicted molar refractivity (Wildman–Crippen MR) is 101 cm³/mol. The van der Waals surface area contributed by atoms with Crippen LogP contribution in [0.5, 0.6) is 0 Å². The highest BCUT2D eigenvalue weighted by Crippen LogP contribution is 2.29. The van der Waals surface area contributed by atoms with Gasteiger partial charge in [0, 0.05) is 32.6 Å². The van der Waals surface area contributed by atoms with E-state index >= 15 is 0 Å². The third-order valence-corrected chi connectivity index (χ3v) is 5.51. The molecule has 2 aliphatic rings. The van der Waals surface area contributed by atoms with Crippen LogP contribution in [0.3, 0.4) is 0 Å². The summed E-state index contributed by atoms with van der Waals surface area (Å²) < 4.78 is 2.27. The number of nitrogens with one attached hydrogen (secondary N) is 1. The molecule has 0 saturated carbocycles. The van der Waals surface area contributed by atoms with Crippen molar-refractivity contribution in [2.75, 3.05) is 24.5 Å². The fourth-order valence-corrected chi connectivity index (χ4v) is 4.13. The average molecular weight is 356 g/mol. The minimum Gasteiger partial charge on any atom is -0.356 e. The van der Waals surface area contributed by atoms with Crippen molar-refractivity contribution in [1.82, 2.24) is 24.8 Å². The van der Waals surface area contributed by atoms with Crippen LogP contribution in [-0.4, -0.2) is 45.1 Å². The molecule has 1 atom stereocenters. The molecule has 1 N–H and O–H groups in total. The Morgan fingerprint density at radius 1 is 1.23 bits per heavy atom. The van der Waals surface area contributed by atoms with Crippen molar-refractivity contribution in [3.8, 4) is 0 Å². The lowest BCUT2D eigenvalue weighted by Crippen LogP contribution is -2.43. The highest BCUT2D eigenvalue weighted by molar-refractivity contribution is 5.85. The molecule has 0 radical (unpaired) electrons. The summed E-state index contributed by atoms with van der Waals surface area (Å²) in [6.45, 7) is 5.45. The van der Waals surface area contributed by atoms with Gasteiger partial charge in [0.1, 0.15) is 12.2 Å². The molecule has 140 valence electrons. The molecule has 26 heavy (non-hydrogen) atoms. The first-order chi connectivity index (χ1) is 12.8. The molecular formula is C19H28N6O. The number of hydrogen-bond donors (Lipinski definition) is 1. The van der Waals surface area contributed by atoms with Gasteiger partial charge >= 0.3 is 0 Å². The number of hydrogen-bond acceptors (Lipinski definition) is 5. The van der Waals surface area contributed by atoms with Gasteiger partial charge in [-0.3, -0.25) is 4.79 Å². The van der Waals surface area contributed by atoms with Crippen LogP contribution in [0.4, 0.5) is 5.82 Å². The van der Waals surface area contributed by atoms with E-state index in [0.717, 1.165) is 68.1 Å². The Bertz CT molecular complexity index is 786. The lowest BCUT2D eigenvalue weighted by Gasteiger charge is -2.32. The number of amides is 1. The smallest absolute Gasteiger partial charge is 0.224 e. The van der Waals surface area contributed by atoms with Gasteiger partial charge in [-0.2, -0.15) is 0 Å². The summed E-state index contributed by atoms with van der Waals surface area (Å²) in [5.74, 6) is 2.22. The van der Waals surface area contributed by atoms with Crippen LogP contribution in [0.15, 0.2) is 6.33 Å². The Balaban J connectivity index is 1.61. The van der Waals surface area contributed by atoms with Gasteiger partial charge in [0.15, 0.2) is 17.0 Å². The fourth-order valence-electron chi connectivity index (χ4n) is 4.13. The van der Waals surface area contributed by atoms with E-state index in [-0.39, 0.29) is 11.8 Å². The number of aromatic nitrogens is 4. The summed E-state index contributed by atoms with van der Waals surface area (Å²) in [5, 5.41) is 3.04. The average Bonchev–Trinajstić information content (AvgIpc) is 2.87. The van der Waals surface area contributed by atoms with Crippen LogP contribution < -0.4 is 10.2 Å². The lowest BCUT2D eigenvalue weighted by molar-refractivity contribution is -0.125. The van der Waals surface area contributed by atoms with Crippen LogP contribution in [-0.2, 0) is 17.8 Å². The maximum Gasteiger partial charge on any atom is 0.224 e. The van der Waals surface area contributed by atoms with Gasteiger partial charge in [-0.15, -0.1) is 0 Å². The number of piperidine rings is 1. The second kappa shape index (κ2) is 7.60. The van der Waals surface area contributed by atoms with Gasteiger partial charge in [-0.05, 0) is 32.1 Å². The third kappa shape index (κ3) is 3.27. The number of rotatable bonds is 4. The zero-order chi connectivity index (χ0) is 17.9. The van der Waals surface area contributed by atoms with Gasteiger partial charge in [-0.25, -0.2) is 15.0 Å². The first-order valence-corrected chi connectivity index (χ1v) is 10.0. The van der Waals surface area contributed by atoms with E-state index in [9.17, 15) is 4.79 Å². The largest absolute Gasteiger partial charge is 0.356 e. The molecule has 7 heteroatoms. The zero-order valence-corrected chi connectivity index (χ0v) is 15.6. The zero-order valence-electron chi connectivity index (χ0n) is 15.6. The standard InChI is InChI=1S/C19H28N6O/c1-2-9-20-19(26)14-7-6-10-24(12-14)17-16-18(22-13-21-17)25-11-5-3-4-8-15(25)23-16/h13-14H,2-12H2,1H3,(H,20,26). The van der Waals surface area contributed by atoms with Crippen LogP contribution in [0, 0.1) is 5.92 Å². The van der Waals surface area contributed by atoms with E-state index in [1.165, 1.54) is 19.3 Å². The maximum atomic E-state index is 12.4. The Hall–Kier alpha value is -2.18. The molecule has 4 rings (SSSR count). The molecule has 2 aliphatic heterocycles. The van der Waals surface area contributed by atoms with Crippen molar-refractivity contribution in [3.63, 3.8) is 0 Å². The molecule has 1 saturated heterocycles. The van der Waals surface area contributed by atoms with Crippen LogP contribution in [0.1, 0.15) is 51.3 Å². The van der Waals surface area contributed by atoms with Crippen molar-refractivity contribution in [1.29, 1.82) is 0 Å². The number of nitrogens with zero attached hydrogens (tertiary/aromatic N) is 5. The number of aryl methyl sites for hydroxylation is 2. The minimum atomic E-state index is 0.0285. The van der Waals surface area contributed by atoms with Gasteiger partial charge in [-0.1, -0.05) is 13.3 Å². The van der Waals surface area contributed by atoms with E-state index in [2.05, 4.69) is 31.7 Å². The summed E-state index contributed by atoms with van der Waals surface area (Å²) in [4.78, 5) is 28.6. The molecule has 0 aromatic carbocycles. The number of fused-ring (bicyclic) bond motifs is 3. The Morgan fingerprint density at radius 3 is 3.04 bits per heavy atom. The van der Waals surface area contributed by atoms with E-state index < -0.39 is 0 Å². The lowest BCUT2D eigenvalue weighted by atomic mass is 9.97. The van der Waals surface area contributed by atoms with Crippen molar-refractivity contribution in [2.45, 2.75) is 58.4 Å². The van der Waals surface area contributed by atoms with Gasteiger partial charge < -0.3 is 14.8 Å². The van der Waals surface area contributed by atoms with Crippen molar-refractivity contribution >= 4 is 22.9 Å². The first kappa shape index (κ1) is 17.2. The third-order valence-electron chi connectivity index (χ3n) is 5.51. The van der Waals surface area contributed by atoms with Crippen LogP contribution >= 0.6 is 0 Å². The summed E-state index contributed by atoms with van der Waals surface area (Å²) in [6.07, 6.45) is 9.20. The summed E-state index contributed by atoms with van der Waals surface area (Å²) in [6, 6.07) is 0. The van der Waals surface area contributed by atoms with Crippen molar-refractivity contribution in [2.24, 2.45) is 5.92 Å². The molecule has 7 nitrogen and oxygen atoms in total. The molecule has 2 aromatic rings. The van der Waals surface area contributed by atoms with Crippen molar-refractivity contribution in [3.05, 3.63) is 12.2 Å². The van der Waals surface area contributed by atoms with E-state index in [4.69, 9.17) is 4.98 Å². The van der Waals surface area contributed by atoms with E-state index in [0.29, 0.717) is 6.54 Å². The van der Waals surface area contributed by atoms with Crippen LogP contribution in [0.25, 0.3) is 11.2 Å². The Morgan fingerprint density at radius 2 is 2.15 bits per heavy atom. The second-order valence-corrected chi connectivity index (χ2v) is 7.44. The first-order valence-electron chi connectivity index (χ1n) is 10.0. The number of imidazole rings is 1. The van der Waals surface area contributed by atoms with E-state index in [1.54, 1.807) is 6.33 Å². The summed E-state index contributed by atoms with van der Waals surface area (Å²) >= 11 is 0. The highest BCUT2D eigenvalue weighted by Gasteiger charge is 2.28.